The molecule has 0 spiro atoms. The van der Waals surface area contributed by atoms with Crippen LogP contribution in [0.15, 0.2) is 17.8 Å². The molecule has 0 aliphatic rings. The Hall–Kier alpha value is -2.55. The fourth-order valence-electron chi connectivity index (χ4n) is 1.48. The molecule has 110 valence electrons. The monoisotopic (exact) mass is 308 g/mol. The first-order valence-electron chi connectivity index (χ1n) is 5.92. The van der Waals surface area contributed by atoms with Crippen LogP contribution in [0.25, 0.3) is 0 Å². The number of carbonyl (C=O) groups is 2. The van der Waals surface area contributed by atoms with E-state index in [-0.39, 0.29) is 11.4 Å². The highest BCUT2D eigenvalue weighted by Gasteiger charge is 2.10. The van der Waals surface area contributed by atoms with Crippen LogP contribution >= 0.6 is 11.3 Å². The highest BCUT2D eigenvalue weighted by molar-refractivity contribution is 7.09. The van der Waals surface area contributed by atoms with Crippen LogP contribution in [0.4, 0.5) is 5.82 Å². The van der Waals surface area contributed by atoms with Crippen LogP contribution in [0.2, 0.25) is 0 Å². The van der Waals surface area contributed by atoms with E-state index in [4.69, 9.17) is 5.11 Å². The lowest BCUT2D eigenvalue weighted by atomic mass is 10.4. The van der Waals surface area contributed by atoms with E-state index in [1.807, 2.05) is 0 Å². The number of nitrogens with zero attached hydrogens (tertiary/aromatic N) is 3. The number of methoxy groups -OCH3 is 1. The summed E-state index contributed by atoms with van der Waals surface area (Å²) in [6, 6.07) is 0. The van der Waals surface area contributed by atoms with E-state index in [2.05, 4.69) is 25.0 Å². The number of carboxylic acid groups (broad SMARTS) is 1. The lowest BCUT2D eigenvalue weighted by Gasteiger charge is -2.05. The van der Waals surface area contributed by atoms with E-state index < -0.39 is 11.9 Å². The van der Waals surface area contributed by atoms with Crippen molar-refractivity contribution in [1.29, 1.82) is 0 Å². The molecule has 0 fully saturated rings. The number of aromatic nitrogens is 3. The molecule has 0 saturated carbocycles. The van der Waals surface area contributed by atoms with Gasteiger partial charge in [-0.3, -0.25) is 4.98 Å². The minimum atomic E-state index is -1.04. The van der Waals surface area contributed by atoms with Gasteiger partial charge in [-0.15, -0.1) is 11.3 Å². The van der Waals surface area contributed by atoms with E-state index >= 15 is 0 Å². The third-order valence-electron chi connectivity index (χ3n) is 2.44. The number of thiazole rings is 1. The Morgan fingerprint density at radius 1 is 1.33 bits per heavy atom. The van der Waals surface area contributed by atoms with Gasteiger partial charge in [-0.2, -0.15) is 0 Å². The number of ether oxygens (including phenoxy) is 1. The Balaban J connectivity index is 1.91. The maximum Gasteiger partial charge on any atom is 0.358 e. The molecule has 8 nitrogen and oxygen atoms in total. The SMILES string of the molecule is COC(=O)c1cncc(NCCc2nc(C(=O)O)cs2)n1. The normalized spacial score (nSPS) is 10.1. The summed E-state index contributed by atoms with van der Waals surface area (Å²) in [5.74, 6) is -1.16. The van der Waals surface area contributed by atoms with Gasteiger partial charge >= 0.3 is 11.9 Å². The molecule has 0 aromatic carbocycles. The highest BCUT2D eigenvalue weighted by Crippen LogP contribution is 2.11. The molecular weight excluding hydrogens is 296 g/mol. The third kappa shape index (κ3) is 3.96. The van der Waals surface area contributed by atoms with Crippen LogP contribution in [0.5, 0.6) is 0 Å². The minimum Gasteiger partial charge on any atom is -0.476 e. The van der Waals surface area contributed by atoms with Gasteiger partial charge in [0.2, 0.25) is 0 Å². The minimum absolute atomic E-state index is 0.0440. The van der Waals surface area contributed by atoms with Crippen molar-refractivity contribution in [2.24, 2.45) is 0 Å². The number of aromatic carboxylic acids is 1. The first kappa shape index (κ1) is 14.9. The molecule has 0 aliphatic carbocycles. The maximum atomic E-state index is 11.3. The number of esters is 1. The van der Waals surface area contributed by atoms with Crippen molar-refractivity contribution in [1.82, 2.24) is 15.0 Å². The number of nitrogens with one attached hydrogen (secondary N) is 1. The summed E-state index contributed by atoms with van der Waals surface area (Å²) in [6.07, 6.45) is 3.34. The Morgan fingerprint density at radius 3 is 2.81 bits per heavy atom. The number of rotatable bonds is 6. The lowest BCUT2D eigenvalue weighted by Crippen LogP contribution is -2.10. The van der Waals surface area contributed by atoms with Gasteiger partial charge in [0, 0.05) is 18.3 Å². The van der Waals surface area contributed by atoms with Crippen molar-refractivity contribution in [2.45, 2.75) is 6.42 Å². The Labute approximate surface area is 123 Å². The summed E-state index contributed by atoms with van der Waals surface area (Å²) in [5, 5.41) is 14.0. The van der Waals surface area contributed by atoms with Crippen molar-refractivity contribution in [2.75, 3.05) is 19.0 Å². The number of anilines is 1. The molecule has 2 heterocycles. The molecule has 0 radical (unpaired) electrons. The smallest absolute Gasteiger partial charge is 0.358 e. The van der Waals surface area contributed by atoms with Crippen LogP contribution in [0.3, 0.4) is 0 Å². The van der Waals surface area contributed by atoms with Gasteiger partial charge in [0.15, 0.2) is 11.4 Å². The third-order valence-corrected chi connectivity index (χ3v) is 3.35. The Morgan fingerprint density at radius 2 is 2.14 bits per heavy atom. The van der Waals surface area contributed by atoms with Gasteiger partial charge < -0.3 is 15.2 Å². The van der Waals surface area contributed by atoms with E-state index in [1.54, 1.807) is 0 Å². The van der Waals surface area contributed by atoms with E-state index in [9.17, 15) is 9.59 Å². The molecule has 21 heavy (non-hydrogen) atoms. The van der Waals surface area contributed by atoms with Crippen LogP contribution in [-0.2, 0) is 11.2 Å². The molecule has 0 amide bonds. The average Bonchev–Trinajstić information content (AvgIpc) is 2.96. The van der Waals surface area contributed by atoms with Gasteiger partial charge in [0.25, 0.3) is 0 Å². The number of hydrogen-bond acceptors (Lipinski definition) is 8. The quantitative estimate of drug-likeness (QED) is 0.762. The predicted molar refractivity (Wildman–Crippen MR) is 74.6 cm³/mol. The fraction of sp³-hybridized carbons (Fsp3) is 0.250. The number of hydrogen-bond donors (Lipinski definition) is 2. The Kier molecular flexibility index (Phi) is 4.77. The highest BCUT2D eigenvalue weighted by atomic mass is 32.1. The average molecular weight is 308 g/mol. The number of carboxylic acids is 1. The molecule has 0 aliphatic heterocycles. The van der Waals surface area contributed by atoms with E-state index in [0.29, 0.717) is 23.8 Å². The first-order valence-corrected chi connectivity index (χ1v) is 6.80. The second-order valence-electron chi connectivity index (χ2n) is 3.89. The molecule has 2 rings (SSSR count). The summed E-state index contributed by atoms with van der Waals surface area (Å²) in [5.41, 5.74) is 0.160. The van der Waals surface area contributed by atoms with E-state index in [1.165, 1.54) is 36.2 Å². The summed E-state index contributed by atoms with van der Waals surface area (Å²) in [4.78, 5) is 33.9. The second-order valence-corrected chi connectivity index (χ2v) is 4.83. The zero-order valence-corrected chi connectivity index (χ0v) is 11.9. The van der Waals surface area contributed by atoms with Gasteiger partial charge in [-0.05, 0) is 0 Å². The second kappa shape index (κ2) is 6.75. The summed E-state index contributed by atoms with van der Waals surface area (Å²) < 4.78 is 4.56. The first-order chi connectivity index (χ1) is 10.1. The molecule has 2 aromatic heterocycles. The zero-order valence-electron chi connectivity index (χ0n) is 11.1. The standard InChI is InChI=1S/C12H12N4O4S/c1-20-12(19)7-4-13-5-9(15-7)14-3-2-10-16-8(6-21-10)11(17)18/h4-6H,2-3H2,1H3,(H,14,15)(H,17,18). The number of carbonyl (C=O) groups excluding carboxylic acids is 1. The van der Waals surface area contributed by atoms with Gasteiger partial charge in [-0.25, -0.2) is 19.6 Å². The molecular formula is C12H12N4O4S. The molecule has 0 saturated heterocycles. The van der Waals surface area contributed by atoms with Gasteiger partial charge in [0.05, 0.1) is 24.5 Å². The fourth-order valence-corrected chi connectivity index (χ4v) is 2.25. The van der Waals surface area contributed by atoms with Crippen molar-refractivity contribution in [3.8, 4) is 0 Å². The zero-order chi connectivity index (χ0) is 15.2. The van der Waals surface area contributed by atoms with Crippen LogP contribution < -0.4 is 5.32 Å². The summed E-state index contributed by atoms with van der Waals surface area (Å²) in [6.45, 7) is 0.492. The van der Waals surface area contributed by atoms with E-state index in [0.717, 1.165) is 0 Å². The molecule has 2 N–H and O–H groups in total. The van der Waals surface area contributed by atoms with Crippen molar-refractivity contribution in [3.05, 3.63) is 34.2 Å². The summed E-state index contributed by atoms with van der Waals surface area (Å²) >= 11 is 1.28. The molecule has 0 bridgehead atoms. The topological polar surface area (TPSA) is 114 Å². The van der Waals surface area contributed by atoms with Crippen LogP contribution in [0, 0.1) is 0 Å². The maximum absolute atomic E-state index is 11.3. The predicted octanol–water partition coefficient (Wildman–Crippen LogP) is 1.07. The van der Waals surface area contributed by atoms with Crippen LogP contribution in [-0.4, -0.2) is 45.7 Å². The molecule has 2 aromatic rings. The molecule has 9 heteroatoms. The van der Waals surface area contributed by atoms with Crippen molar-refractivity contribution >= 4 is 29.1 Å². The molecule has 0 unspecified atom stereocenters. The largest absolute Gasteiger partial charge is 0.476 e. The van der Waals surface area contributed by atoms with Crippen molar-refractivity contribution < 1.29 is 19.4 Å². The lowest BCUT2D eigenvalue weighted by molar-refractivity contribution is 0.0592. The van der Waals surface area contributed by atoms with Gasteiger partial charge in [-0.1, -0.05) is 0 Å². The van der Waals surface area contributed by atoms with Crippen LogP contribution in [0.1, 0.15) is 26.0 Å². The molecule has 0 atom stereocenters. The van der Waals surface area contributed by atoms with Crippen molar-refractivity contribution in [3.63, 3.8) is 0 Å². The van der Waals surface area contributed by atoms with Gasteiger partial charge in [0.1, 0.15) is 5.82 Å². The Bertz CT molecular complexity index is 658. The summed E-state index contributed by atoms with van der Waals surface area (Å²) in [7, 11) is 1.27.